The maximum Gasteiger partial charge on any atom is 0.229 e. The van der Waals surface area contributed by atoms with Gasteiger partial charge in [-0.1, -0.05) is 48.5 Å². The Morgan fingerprint density at radius 3 is 2.32 bits per heavy atom. The third kappa shape index (κ3) is 3.41. The van der Waals surface area contributed by atoms with E-state index in [1.54, 1.807) is 0 Å². The van der Waals surface area contributed by atoms with Gasteiger partial charge in [-0.05, 0) is 17.7 Å². The van der Waals surface area contributed by atoms with Crippen molar-refractivity contribution < 1.29 is 0 Å². The van der Waals surface area contributed by atoms with E-state index in [1.807, 2.05) is 6.07 Å². The highest BCUT2D eigenvalue weighted by Gasteiger charge is 2.28. The molecule has 2 aromatic carbocycles. The zero-order valence-electron chi connectivity index (χ0n) is 17.4. The Hall–Kier alpha value is -3.45. The van der Waals surface area contributed by atoms with Crippen LogP contribution in [-0.2, 0) is 13.0 Å². The molecule has 4 aromatic rings. The Morgan fingerprint density at radius 1 is 0.806 bits per heavy atom. The van der Waals surface area contributed by atoms with Crippen LogP contribution in [0, 0.1) is 0 Å². The monoisotopic (exact) mass is 411 g/mol. The first-order chi connectivity index (χ1) is 15.3. The smallest absolute Gasteiger partial charge is 0.229 e. The minimum absolute atomic E-state index is 0.766. The van der Waals surface area contributed by atoms with Crippen LogP contribution < -0.4 is 9.80 Å². The van der Waals surface area contributed by atoms with Gasteiger partial charge < -0.3 is 9.80 Å². The predicted molar refractivity (Wildman–Crippen MR) is 123 cm³/mol. The molecule has 0 atom stereocenters. The zero-order chi connectivity index (χ0) is 20.6. The molecule has 7 nitrogen and oxygen atoms in total. The number of nitrogens with one attached hydrogen (secondary N) is 1. The summed E-state index contributed by atoms with van der Waals surface area (Å²) in [5.41, 5.74) is 4.42. The Kier molecular flexibility index (Phi) is 4.53. The summed E-state index contributed by atoms with van der Waals surface area (Å²) < 4.78 is 0. The van der Waals surface area contributed by atoms with Crippen molar-refractivity contribution in [1.29, 1.82) is 0 Å². The molecule has 156 valence electrons. The molecule has 7 heteroatoms. The van der Waals surface area contributed by atoms with Crippen LogP contribution in [-0.4, -0.2) is 57.8 Å². The van der Waals surface area contributed by atoms with Crippen LogP contribution in [0.25, 0.3) is 11.0 Å². The van der Waals surface area contributed by atoms with Crippen molar-refractivity contribution in [2.45, 2.75) is 13.0 Å². The van der Waals surface area contributed by atoms with Gasteiger partial charge in [0, 0.05) is 51.4 Å². The average Bonchev–Trinajstić information content (AvgIpc) is 3.25. The van der Waals surface area contributed by atoms with Crippen LogP contribution in [0.5, 0.6) is 0 Å². The number of nitrogens with zero attached hydrogens (tertiary/aromatic N) is 6. The molecule has 2 aliphatic rings. The number of aromatic amines is 1. The van der Waals surface area contributed by atoms with Gasteiger partial charge in [-0.2, -0.15) is 15.1 Å². The number of hydrogen-bond donors (Lipinski definition) is 1. The second-order valence-corrected chi connectivity index (χ2v) is 8.23. The quantitative estimate of drug-likeness (QED) is 0.556. The molecule has 2 aromatic heterocycles. The molecule has 31 heavy (non-hydrogen) atoms. The molecule has 6 rings (SSSR count). The van der Waals surface area contributed by atoms with Gasteiger partial charge in [-0.15, -0.1) is 0 Å². The Bertz CT molecular complexity index is 1180. The topological polar surface area (TPSA) is 64.2 Å². The molecule has 0 spiro atoms. The molecule has 0 bridgehead atoms. The van der Waals surface area contributed by atoms with E-state index in [4.69, 9.17) is 9.97 Å². The first kappa shape index (κ1) is 18.3. The van der Waals surface area contributed by atoms with E-state index in [9.17, 15) is 0 Å². The van der Waals surface area contributed by atoms with Gasteiger partial charge in [-0.25, -0.2) is 0 Å². The van der Waals surface area contributed by atoms with Crippen molar-refractivity contribution in [2.24, 2.45) is 0 Å². The average molecular weight is 412 g/mol. The fourth-order valence-corrected chi connectivity index (χ4v) is 4.61. The van der Waals surface area contributed by atoms with Crippen molar-refractivity contribution in [3.05, 3.63) is 71.9 Å². The maximum absolute atomic E-state index is 5.06. The summed E-state index contributed by atoms with van der Waals surface area (Å²) in [4.78, 5) is 17.0. The molecular formula is C24H25N7. The molecular weight excluding hydrogens is 386 g/mol. The molecule has 0 amide bonds. The number of para-hydroxylation sites is 1. The van der Waals surface area contributed by atoms with E-state index < -0.39 is 0 Å². The molecule has 1 N–H and O–H groups in total. The third-order valence-electron chi connectivity index (χ3n) is 6.27. The number of benzene rings is 2. The van der Waals surface area contributed by atoms with E-state index in [2.05, 4.69) is 79.5 Å². The zero-order valence-corrected chi connectivity index (χ0v) is 17.4. The van der Waals surface area contributed by atoms with E-state index in [1.165, 1.54) is 5.56 Å². The van der Waals surface area contributed by atoms with Crippen molar-refractivity contribution in [1.82, 2.24) is 25.1 Å². The number of piperazine rings is 1. The predicted octanol–water partition coefficient (Wildman–Crippen LogP) is 3.37. The van der Waals surface area contributed by atoms with Crippen molar-refractivity contribution in [2.75, 3.05) is 42.5 Å². The lowest BCUT2D eigenvalue weighted by molar-refractivity contribution is 0.249. The minimum Gasteiger partial charge on any atom is -0.338 e. The van der Waals surface area contributed by atoms with Crippen molar-refractivity contribution >= 4 is 28.5 Å². The summed E-state index contributed by atoms with van der Waals surface area (Å²) in [6.07, 6.45) is 0.916. The summed E-state index contributed by atoms with van der Waals surface area (Å²) in [7, 11) is 0. The van der Waals surface area contributed by atoms with Crippen LogP contribution >= 0.6 is 0 Å². The largest absolute Gasteiger partial charge is 0.338 e. The van der Waals surface area contributed by atoms with E-state index in [-0.39, 0.29) is 0 Å². The highest BCUT2D eigenvalue weighted by Crippen LogP contribution is 2.36. The molecule has 0 radical (unpaired) electrons. The number of rotatable bonds is 4. The molecule has 4 heterocycles. The second kappa shape index (κ2) is 7.67. The first-order valence-electron chi connectivity index (χ1n) is 10.9. The number of H-pyrrole nitrogens is 1. The highest BCUT2D eigenvalue weighted by atomic mass is 15.4. The van der Waals surface area contributed by atoms with Crippen LogP contribution in [0.3, 0.4) is 0 Å². The summed E-state index contributed by atoms with van der Waals surface area (Å²) in [5.74, 6) is 1.75. The van der Waals surface area contributed by atoms with Gasteiger partial charge in [-0.3, -0.25) is 10.00 Å². The summed E-state index contributed by atoms with van der Waals surface area (Å²) in [6.45, 7) is 5.71. The second-order valence-electron chi connectivity index (χ2n) is 8.23. The van der Waals surface area contributed by atoms with Gasteiger partial charge in [0.25, 0.3) is 0 Å². The van der Waals surface area contributed by atoms with Gasteiger partial charge in [0.1, 0.15) is 5.82 Å². The summed E-state index contributed by atoms with van der Waals surface area (Å²) >= 11 is 0. The Morgan fingerprint density at radius 2 is 1.55 bits per heavy atom. The molecule has 0 unspecified atom stereocenters. The number of hydrogen-bond acceptors (Lipinski definition) is 6. The van der Waals surface area contributed by atoms with Gasteiger partial charge >= 0.3 is 0 Å². The van der Waals surface area contributed by atoms with E-state index in [0.717, 1.165) is 79.9 Å². The maximum atomic E-state index is 5.06. The number of aromatic nitrogens is 4. The van der Waals surface area contributed by atoms with E-state index in [0.29, 0.717) is 0 Å². The standard InChI is InChI=1S/C24H25N7/c1-3-7-18(8-4-1)17-29-13-15-30(16-14-29)24-25-22-21-20(27-28-22)11-12-31(23(21)26-24)19-9-5-2-6-10-19/h1-10H,11-17H2,(H,25,26,27,28). The fourth-order valence-electron chi connectivity index (χ4n) is 4.61. The SMILES string of the molecule is c1ccc(CN2CCN(c3nc4c5c([nH]nc5n3)CCN4c3ccccc3)CC2)cc1. The lowest BCUT2D eigenvalue weighted by Gasteiger charge is -2.35. The van der Waals surface area contributed by atoms with Gasteiger partial charge in [0.2, 0.25) is 5.95 Å². The van der Waals surface area contributed by atoms with Gasteiger partial charge in [0.05, 0.1) is 11.1 Å². The van der Waals surface area contributed by atoms with Gasteiger partial charge in [0.15, 0.2) is 5.65 Å². The molecule has 0 aliphatic carbocycles. The third-order valence-corrected chi connectivity index (χ3v) is 6.27. The molecule has 1 fully saturated rings. The Balaban J connectivity index is 1.27. The summed E-state index contributed by atoms with van der Waals surface area (Å²) in [6, 6.07) is 21.2. The molecule has 0 saturated carbocycles. The normalized spacial score (nSPS) is 16.8. The number of anilines is 3. The summed E-state index contributed by atoms with van der Waals surface area (Å²) in [5, 5.41) is 8.75. The highest BCUT2D eigenvalue weighted by molar-refractivity contribution is 5.94. The van der Waals surface area contributed by atoms with E-state index >= 15 is 0 Å². The molecule has 1 saturated heterocycles. The van der Waals surface area contributed by atoms with Crippen LogP contribution in [0.15, 0.2) is 60.7 Å². The Labute approximate surface area is 181 Å². The van der Waals surface area contributed by atoms with Crippen molar-refractivity contribution in [3.63, 3.8) is 0 Å². The first-order valence-corrected chi connectivity index (χ1v) is 10.9. The lowest BCUT2D eigenvalue weighted by atomic mass is 10.1. The minimum atomic E-state index is 0.766. The fraction of sp³-hybridized carbons (Fsp3) is 0.292. The van der Waals surface area contributed by atoms with Crippen molar-refractivity contribution in [3.8, 4) is 0 Å². The molecule has 2 aliphatic heterocycles. The van der Waals surface area contributed by atoms with Crippen LogP contribution in [0.1, 0.15) is 11.3 Å². The van der Waals surface area contributed by atoms with Crippen LogP contribution in [0.2, 0.25) is 0 Å². The lowest BCUT2D eigenvalue weighted by Crippen LogP contribution is -2.46. The van der Waals surface area contributed by atoms with Crippen LogP contribution in [0.4, 0.5) is 17.5 Å².